The molecule has 0 radical (unpaired) electrons. The summed E-state index contributed by atoms with van der Waals surface area (Å²) in [6.07, 6.45) is -1.38. The van der Waals surface area contributed by atoms with Crippen LogP contribution in [0, 0.1) is 18.8 Å². The number of carbonyl (C=O) groups is 1. The van der Waals surface area contributed by atoms with Gasteiger partial charge in [0.15, 0.2) is 5.82 Å². The smallest absolute Gasteiger partial charge is 0.321 e. The Bertz CT molecular complexity index is 1390. The largest absolute Gasteiger partial charge is 0.420 e. The molecule has 4 rings (SSSR count). The van der Waals surface area contributed by atoms with E-state index in [9.17, 15) is 26.7 Å². The van der Waals surface area contributed by atoms with E-state index in [-0.39, 0.29) is 16.8 Å². The van der Waals surface area contributed by atoms with Crippen LogP contribution in [-0.4, -0.2) is 25.9 Å². The van der Waals surface area contributed by atoms with Crippen LogP contribution >= 0.6 is 45.2 Å². The zero-order valence-corrected chi connectivity index (χ0v) is 20.9. The molecule has 2 aromatic heterocycles. The minimum absolute atomic E-state index is 0.0923. The van der Waals surface area contributed by atoms with Crippen molar-refractivity contribution in [3.05, 3.63) is 84.9 Å². The number of pyridine rings is 1. The molecular weight excluding hydrogens is 687 g/mol. The van der Waals surface area contributed by atoms with Crippen LogP contribution in [-0.2, 0) is 6.18 Å². The first-order valence-corrected chi connectivity index (χ1v) is 11.4. The first-order valence-electron chi connectivity index (χ1n) is 9.24. The van der Waals surface area contributed by atoms with E-state index < -0.39 is 35.1 Å². The number of halogens is 7. The van der Waals surface area contributed by atoms with Gasteiger partial charge in [0, 0.05) is 12.7 Å². The number of anilines is 1. The number of rotatable bonds is 4. The second-order valence-electron chi connectivity index (χ2n) is 6.80. The van der Waals surface area contributed by atoms with Crippen molar-refractivity contribution in [1.29, 1.82) is 0 Å². The molecule has 0 fully saturated rings. The van der Waals surface area contributed by atoms with Crippen molar-refractivity contribution in [3.63, 3.8) is 0 Å². The van der Waals surface area contributed by atoms with Gasteiger partial charge in [-0.2, -0.15) is 23.4 Å². The molecule has 0 aliphatic carbocycles. The summed E-state index contributed by atoms with van der Waals surface area (Å²) < 4.78 is 69.8. The Morgan fingerprint density at radius 3 is 2.29 bits per heavy atom. The van der Waals surface area contributed by atoms with Gasteiger partial charge >= 0.3 is 6.18 Å². The molecule has 0 bridgehead atoms. The van der Waals surface area contributed by atoms with E-state index in [4.69, 9.17) is 0 Å². The lowest BCUT2D eigenvalue weighted by Gasteiger charge is -2.14. The van der Waals surface area contributed by atoms with Crippen LogP contribution in [0.1, 0.15) is 15.9 Å². The van der Waals surface area contributed by atoms with Crippen LogP contribution in [0.4, 0.5) is 27.6 Å². The zero-order chi connectivity index (χ0) is 24.6. The number of nitrogens with zero attached hydrogens (tertiary/aromatic N) is 4. The molecule has 0 aliphatic rings. The van der Waals surface area contributed by atoms with Gasteiger partial charge in [0.05, 0.1) is 29.8 Å². The molecule has 4 aromatic rings. The van der Waals surface area contributed by atoms with Crippen molar-refractivity contribution in [1.82, 2.24) is 20.0 Å². The monoisotopic (exact) mass is 697 g/mol. The molecule has 0 aliphatic heterocycles. The summed E-state index contributed by atoms with van der Waals surface area (Å²) in [5, 5.41) is 9.63. The summed E-state index contributed by atoms with van der Waals surface area (Å²) in [6, 6.07) is 6.94. The summed E-state index contributed by atoms with van der Waals surface area (Å²) >= 11 is 3.69. The van der Waals surface area contributed by atoms with E-state index in [0.29, 0.717) is 23.6 Å². The van der Waals surface area contributed by atoms with Crippen molar-refractivity contribution in [2.45, 2.75) is 6.18 Å². The van der Waals surface area contributed by atoms with Crippen molar-refractivity contribution in [2.75, 3.05) is 5.32 Å². The van der Waals surface area contributed by atoms with Gasteiger partial charge in [0.1, 0.15) is 17.2 Å². The minimum atomic E-state index is -4.80. The molecule has 0 saturated carbocycles. The van der Waals surface area contributed by atoms with E-state index >= 15 is 0 Å². The molecule has 0 saturated heterocycles. The number of nitrogens with one attached hydrogen (secondary N) is 1. The molecule has 174 valence electrons. The first kappa shape index (κ1) is 24.4. The fourth-order valence-electron chi connectivity index (χ4n) is 3.05. The van der Waals surface area contributed by atoms with Crippen LogP contribution in [0.3, 0.4) is 0 Å². The number of amides is 1. The summed E-state index contributed by atoms with van der Waals surface area (Å²) in [5.74, 6) is -2.61. The van der Waals surface area contributed by atoms with Crippen molar-refractivity contribution >= 4 is 56.8 Å². The molecule has 2 aromatic carbocycles. The lowest BCUT2D eigenvalue weighted by molar-refractivity contribution is -0.137. The Hall–Kier alpha value is -2.69. The maximum absolute atomic E-state index is 14.9. The number of aromatic nitrogens is 4. The molecule has 6 nitrogen and oxygen atoms in total. The number of alkyl halides is 3. The van der Waals surface area contributed by atoms with Gasteiger partial charge in [-0.05, 0) is 81.1 Å². The topological polar surface area (TPSA) is 72.7 Å². The first-order chi connectivity index (χ1) is 16.0. The quantitative estimate of drug-likeness (QED) is 0.207. The highest BCUT2D eigenvalue weighted by Gasteiger charge is 2.36. The summed E-state index contributed by atoms with van der Waals surface area (Å²) in [7, 11) is 0. The van der Waals surface area contributed by atoms with Crippen LogP contribution in [0.25, 0.3) is 16.9 Å². The SMILES string of the molecule is O=C(Nc1cnc(-n2nccn2)c(C(F)(F)F)c1)c1cc(F)c(-c2ccc(F)cc2I)cc1I. The van der Waals surface area contributed by atoms with Crippen LogP contribution in [0.2, 0.25) is 0 Å². The second kappa shape index (κ2) is 9.52. The molecule has 0 atom stereocenters. The van der Waals surface area contributed by atoms with E-state index in [1.54, 1.807) is 0 Å². The molecule has 2 heterocycles. The number of hydrogen-bond acceptors (Lipinski definition) is 4. The van der Waals surface area contributed by atoms with Crippen LogP contribution in [0.15, 0.2) is 55.0 Å². The molecule has 1 N–H and O–H groups in total. The Balaban J connectivity index is 1.66. The molecular formula is C21H10F5I2N5O. The standard InChI is InChI=1S/C21H10F5I2N5O/c22-10-1-2-12(17(27)5-10)13-8-18(28)14(7-16(13)23)20(34)32-11-6-15(21(24,25)26)19(29-9-11)33-30-3-4-31-33/h1-9H,(H,32,34). The molecule has 13 heteroatoms. The zero-order valence-electron chi connectivity index (χ0n) is 16.5. The van der Waals surface area contributed by atoms with E-state index in [1.807, 2.05) is 45.2 Å². The van der Waals surface area contributed by atoms with Gasteiger partial charge < -0.3 is 5.32 Å². The number of carbonyl (C=O) groups excluding carboxylic acids is 1. The summed E-state index contributed by atoms with van der Waals surface area (Å²) in [5.41, 5.74) is -0.913. The second-order valence-corrected chi connectivity index (χ2v) is 9.13. The Morgan fingerprint density at radius 1 is 0.941 bits per heavy atom. The van der Waals surface area contributed by atoms with Gasteiger partial charge in [-0.15, -0.1) is 4.80 Å². The Kier molecular flexibility index (Phi) is 6.84. The van der Waals surface area contributed by atoms with Gasteiger partial charge in [0.2, 0.25) is 0 Å². The molecule has 0 unspecified atom stereocenters. The van der Waals surface area contributed by atoms with Crippen LogP contribution in [0.5, 0.6) is 0 Å². The predicted octanol–water partition coefficient (Wildman–Crippen LogP) is 6.09. The molecule has 0 spiro atoms. The maximum Gasteiger partial charge on any atom is 0.420 e. The predicted molar refractivity (Wildman–Crippen MR) is 129 cm³/mol. The third-order valence-corrected chi connectivity index (χ3v) is 6.35. The number of hydrogen-bond donors (Lipinski definition) is 1. The van der Waals surface area contributed by atoms with Crippen molar-refractivity contribution < 1.29 is 26.7 Å². The fourth-order valence-corrected chi connectivity index (χ4v) is 4.53. The average Bonchev–Trinajstić information content (AvgIpc) is 3.29. The highest BCUT2D eigenvalue weighted by Crippen LogP contribution is 2.35. The van der Waals surface area contributed by atoms with E-state index in [1.165, 1.54) is 36.7 Å². The van der Waals surface area contributed by atoms with E-state index in [2.05, 4.69) is 20.5 Å². The third-order valence-electron chi connectivity index (χ3n) is 4.56. The normalized spacial score (nSPS) is 11.5. The van der Waals surface area contributed by atoms with Crippen molar-refractivity contribution in [3.8, 4) is 16.9 Å². The van der Waals surface area contributed by atoms with Crippen molar-refractivity contribution in [2.24, 2.45) is 0 Å². The average molecular weight is 697 g/mol. The van der Waals surface area contributed by atoms with Crippen LogP contribution < -0.4 is 5.32 Å². The summed E-state index contributed by atoms with van der Waals surface area (Å²) in [6.45, 7) is 0. The molecule has 34 heavy (non-hydrogen) atoms. The number of benzene rings is 2. The maximum atomic E-state index is 14.9. The van der Waals surface area contributed by atoms with Gasteiger partial charge in [0.25, 0.3) is 5.91 Å². The summed E-state index contributed by atoms with van der Waals surface area (Å²) in [4.78, 5) is 17.2. The third kappa shape index (κ3) is 5.03. The Morgan fingerprint density at radius 2 is 1.65 bits per heavy atom. The Labute approximate surface area is 215 Å². The molecule has 1 amide bonds. The fraction of sp³-hybridized carbons (Fsp3) is 0.0476. The highest BCUT2D eigenvalue weighted by atomic mass is 127. The van der Waals surface area contributed by atoms with E-state index in [0.717, 1.165) is 12.3 Å². The van der Waals surface area contributed by atoms with Gasteiger partial charge in [-0.3, -0.25) is 4.79 Å². The van der Waals surface area contributed by atoms with Gasteiger partial charge in [-0.1, -0.05) is 6.07 Å². The lowest BCUT2D eigenvalue weighted by atomic mass is 10.0. The highest BCUT2D eigenvalue weighted by molar-refractivity contribution is 14.1. The lowest BCUT2D eigenvalue weighted by Crippen LogP contribution is -2.18. The van der Waals surface area contributed by atoms with Gasteiger partial charge in [-0.25, -0.2) is 13.8 Å². The minimum Gasteiger partial charge on any atom is -0.321 e.